The normalized spacial score (nSPS) is 14.3. The number of nitrogens with one attached hydrogen (secondary N) is 1. The van der Waals surface area contributed by atoms with Crippen LogP contribution in [0.25, 0.3) is 0 Å². The van der Waals surface area contributed by atoms with Crippen molar-refractivity contribution in [3.8, 4) is 0 Å². The van der Waals surface area contributed by atoms with Gasteiger partial charge in [-0.3, -0.25) is 14.6 Å². The Balaban J connectivity index is 0.000000177. The molecule has 0 aliphatic heterocycles. The molecule has 4 aromatic rings. The molecule has 1 N–H and O–H groups in total. The zero-order valence-corrected chi connectivity index (χ0v) is 37.7. The van der Waals surface area contributed by atoms with E-state index in [2.05, 4.69) is 71.6 Å². The summed E-state index contributed by atoms with van der Waals surface area (Å²) in [5, 5.41) is 0.0336. The molecule has 0 unspecified atom stereocenters. The van der Waals surface area contributed by atoms with Gasteiger partial charge in [-0.25, -0.2) is 14.4 Å². The monoisotopic (exact) mass is 899 g/mol. The van der Waals surface area contributed by atoms with Crippen LogP contribution in [0.1, 0.15) is 140 Å². The molecule has 0 atom stereocenters. The topological polar surface area (TPSA) is 146 Å². The van der Waals surface area contributed by atoms with Gasteiger partial charge in [-0.05, 0) is 132 Å². The molecule has 2 heterocycles. The summed E-state index contributed by atoms with van der Waals surface area (Å²) in [4.78, 5) is 62.1. The van der Waals surface area contributed by atoms with E-state index in [1.165, 1.54) is 77.9 Å². The van der Waals surface area contributed by atoms with Gasteiger partial charge in [0.25, 0.3) is 0 Å². The van der Waals surface area contributed by atoms with E-state index in [0.29, 0.717) is 30.4 Å². The maximum Gasteiger partial charge on any atom is 0.375 e. The van der Waals surface area contributed by atoms with Crippen molar-refractivity contribution in [3.05, 3.63) is 118 Å². The molecule has 0 bridgehead atoms. The molecule has 2 fully saturated rings. The van der Waals surface area contributed by atoms with E-state index in [4.69, 9.17) is 9.47 Å². The molecule has 4 aliphatic rings. The molecule has 2 aromatic heterocycles. The van der Waals surface area contributed by atoms with Crippen LogP contribution in [-0.2, 0) is 67.4 Å². The molecule has 4 aliphatic carbocycles. The minimum atomic E-state index is -0.769. The predicted molar refractivity (Wildman–Crippen MR) is 242 cm³/mol. The number of halogens is 1. The van der Waals surface area contributed by atoms with Crippen LogP contribution in [-0.4, -0.2) is 69.9 Å². The number of aromatic nitrogens is 2. The fraction of sp³-hybridized carbons (Fsp3) is 0.469. The van der Waals surface area contributed by atoms with Gasteiger partial charge in [-0.2, -0.15) is 0 Å². The second-order valence-corrected chi connectivity index (χ2v) is 15.6. The Morgan fingerprint density at radius 1 is 0.656 bits per heavy atom. The first kappa shape index (κ1) is 48.6. The molecular formula is C49H62BrN3O8. The third-order valence-electron chi connectivity index (χ3n) is 10.5. The maximum absolute atomic E-state index is 12.1. The lowest BCUT2D eigenvalue weighted by molar-refractivity contribution is -0.152. The van der Waals surface area contributed by atoms with E-state index in [-0.39, 0.29) is 23.9 Å². The number of aliphatic imine (C=N–C) groups is 1. The molecule has 0 spiro atoms. The number of Topliss-reactive ketones (excluding diaryl/α,β-unsaturated/α-hetero) is 2. The predicted octanol–water partition coefficient (Wildman–Crippen LogP) is 9.73. The van der Waals surface area contributed by atoms with Gasteiger partial charge in [0.2, 0.25) is 5.78 Å². The third-order valence-corrected chi connectivity index (χ3v) is 11.0. The Bertz CT molecular complexity index is 2000. The van der Waals surface area contributed by atoms with Crippen LogP contribution in [0.15, 0.2) is 77.8 Å². The zero-order chi connectivity index (χ0) is 43.8. The minimum Gasteiger partial charge on any atom is -0.461 e. The number of carbonyl (C=O) groups excluding carboxylic acids is 5. The summed E-state index contributed by atoms with van der Waals surface area (Å²) in [6.07, 6.45) is 15.8. The average Bonchev–Trinajstić information content (AvgIpc) is 4.14. The number of aryl methyl sites for hydroxylation is 3. The largest absolute Gasteiger partial charge is 0.461 e. The number of hydrogen-bond acceptors (Lipinski definition) is 9. The van der Waals surface area contributed by atoms with Crippen molar-refractivity contribution in [2.45, 2.75) is 124 Å². The molecule has 61 heavy (non-hydrogen) atoms. The summed E-state index contributed by atoms with van der Waals surface area (Å²) < 4.78 is 16.6. The summed E-state index contributed by atoms with van der Waals surface area (Å²) in [5.41, 5.74) is 10.4. The first-order chi connectivity index (χ1) is 29.7. The molecule has 2 saturated carbocycles. The van der Waals surface area contributed by atoms with Gasteiger partial charge in [-0.1, -0.05) is 76.6 Å². The number of aromatic amines is 1. The highest BCUT2D eigenvalue weighted by Gasteiger charge is 2.24. The van der Waals surface area contributed by atoms with E-state index in [9.17, 15) is 24.0 Å². The number of alkyl halides is 1. The lowest BCUT2D eigenvalue weighted by Crippen LogP contribution is -2.17. The molecule has 328 valence electrons. The number of H-pyrrole nitrogens is 1. The number of nitrogens with zero attached hydrogens (tertiary/aromatic N) is 2. The van der Waals surface area contributed by atoms with Gasteiger partial charge in [0.05, 0.1) is 31.7 Å². The first-order valence-corrected chi connectivity index (χ1v) is 22.9. The van der Waals surface area contributed by atoms with Crippen molar-refractivity contribution in [1.82, 2.24) is 9.55 Å². The summed E-state index contributed by atoms with van der Waals surface area (Å²) in [6.45, 7) is 8.02. The lowest BCUT2D eigenvalue weighted by atomic mass is 10.2. The smallest absolute Gasteiger partial charge is 0.375 e. The molecule has 12 heteroatoms. The van der Waals surface area contributed by atoms with Gasteiger partial charge in [0.15, 0.2) is 0 Å². The van der Waals surface area contributed by atoms with Gasteiger partial charge < -0.3 is 23.8 Å². The molecular weight excluding hydrogens is 838 g/mol. The summed E-state index contributed by atoms with van der Waals surface area (Å²) in [6, 6.07) is 24.7. The third kappa shape index (κ3) is 16.4. The lowest BCUT2D eigenvalue weighted by Gasteiger charge is -2.12. The molecule has 0 amide bonds. The fourth-order valence-electron chi connectivity index (χ4n) is 7.45. The molecule has 11 nitrogen and oxygen atoms in total. The molecule has 8 rings (SSSR count). The van der Waals surface area contributed by atoms with Crippen molar-refractivity contribution >= 4 is 51.1 Å². The highest BCUT2D eigenvalue weighted by Crippen LogP contribution is 2.27. The van der Waals surface area contributed by atoms with Crippen LogP contribution in [0.5, 0.6) is 0 Å². The Hall–Kier alpha value is -5.10. The summed E-state index contributed by atoms with van der Waals surface area (Å²) in [7, 11) is 0. The van der Waals surface area contributed by atoms with Crippen LogP contribution in [0, 0.1) is 0 Å². The van der Waals surface area contributed by atoms with E-state index in [0.717, 1.165) is 64.5 Å². The zero-order valence-electron chi connectivity index (χ0n) is 36.1. The standard InChI is InChI=1S/C17H19NO2.C12H15N.C10H13NO2.C5H7BrO3.C5H8O/c1-2-20-17(19)16-11-14-9-6-10-15(14)18(16)12-13-7-4-3-5-8-13;1-2-6-11(7-3-1)10-13-12-8-4-5-9-12;1-2-13-10(12)9-6-7-4-3-5-8(7)11-9;1-2-9-5(8)4(7)3-6;6-5-3-1-2-4-5/h3-5,7-8,11H,2,6,9-10,12H2,1H3;1-3,6-7H,4-5,8-10H2;6,11H,2-5H2,1H3;2-3H2,1H3;1-4H2. The summed E-state index contributed by atoms with van der Waals surface area (Å²) >= 11 is 2.83. The number of ketones is 2. The van der Waals surface area contributed by atoms with Crippen LogP contribution >= 0.6 is 15.9 Å². The number of hydrogen-bond donors (Lipinski definition) is 1. The van der Waals surface area contributed by atoms with E-state index >= 15 is 0 Å². The number of rotatable bonds is 11. The van der Waals surface area contributed by atoms with Crippen LogP contribution in [0.2, 0.25) is 0 Å². The van der Waals surface area contributed by atoms with Crippen LogP contribution in [0.4, 0.5) is 0 Å². The quantitative estimate of drug-likeness (QED) is 0.0678. The number of esters is 3. The van der Waals surface area contributed by atoms with Crippen molar-refractivity contribution < 1.29 is 38.2 Å². The molecule has 0 saturated heterocycles. The number of carbonyl (C=O) groups is 5. The van der Waals surface area contributed by atoms with Crippen molar-refractivity contribution in [1.29, 1.82) is 0 Å². The SMILES string of the molecule is CCOC(=O)C(=O)CBr.CCOC(=O)c1cc2c([nH]1)CCC2.CCOC(=O)c1cc2c(n1Cc1ccccc1)CCC2.O=C1CCCC1.c1ccc(CN=C2CCCC2)cc1. The van der Waals surface area contributed by atoms with Gasteiger partial charge in [0, 0.05) is 36.5 Å². The second kappa shape index (κ2) is 27.0. The van der Waals surface area contributed by atoms with Crippen molar-refractivity contribution in [2.24, 2.45) is 4.99 Å². The summed E-state index contributed by atoms with van der Waals surface area (Å²) in [5.74, 6) is -1.31. The second-order valence-electron chi connectivity index (χ2n) is 15.0. The van der Waals surface area contributed by atoms with Crippen molar-refractivity contribution in [2.75, 3.05) is 25.2 Å². The molecule has 2 aromatic carbocycles. The highest BCUT2D eigenvalue weighted by atomic mass is 79.9. The molecule has 0 radical (unpaired) electrons. The van der Waals surface area contributed by atoms with E-state index in [1.807, 2.05) is 50.2 Å². The minimum absolute atomic E-state index is 0.0336. The number of benzene rings is 2. The maximum atomic E-state index is 12.1. The van der Waals surface area contributed by atoms with E-state index in [1.54, 1.807) is 6.92 Å². The Kier molecular flexibility index (Phi) is 21.5. The van der Waals surface area contributed by atoms with Gasteiger partial charge in [0.1, 0.15) is 17.2 Å². The van der Waals surface area contributed by atoms with E-state index < -0.39 is 11.8 Å². The van der Waals surface area contributed by atoms with Crippen molar-refractivity contribution in [3.63, 3.8) is 0 Å². The Labute approximate surface area is 369 Å². The number of fused-ring (bicyclic) bond motifs is 2. The van der Waals surface area contributed by atoms with Gasteiger partial charge >= 0.3 is 17.9 Å². The van der Waals surface area contributed by atoms with Crippen LogP contribution < -0.4 is 0 Å². The average molecular weight is 901 g/mol. The fourth-order valence-corrected chi connectivity index (χ4v) is 7.68. The highest BCUT2D eigenvalue weighted by molar-refractivity contribution is 9.09. The first-order valence-electron chi connectivity index (χ1n) is 21.8. The van der Waals surface area contributed by atoms with Crippen LogP contribution in [0.3, 0.4) is 0 Å². The number of ether oxygens (including phenoxy) is 3. The Morgan fingerprint density at radius 2 is 1.23 bits per heavy atom. The Morgan fingerprint density at radius 3 is 1.80 bits per heavy atom. The van der Waals surface area contributed by atoms with Gasteiger partial charge in [-0.15, -0.1) is 0 Å².